The Hall–Kier alpha value is -2.51. The average Bonchev–Trinajstić information content (AvgIpc) is 3.19. The lowest BCUT2D eigenvalue weighted by Gasteiger charge is -2.34. The van der Waals surface area contributed by atoms with E-state index in [1.54, 1.807) is 17.4 Å². The zero-order chi connectivity index (χ0) is 17.6. The number of H-pyrrole nitrogens is 1. The standard InChI is InChI=1S/C17H19F2N5O/c1-17(18,19)7-14(25)23-6-2-3-11(9-23)24-10-22-13-8-21-16-12(15(13)24)4-5-20-16/h4-5,8,10-11H,2-3,6-7,9H2,1H3,(H,20,21). The van der Waals surface area contributed by atoms with Crippen molar-refractivity contribution < 1.29 is 13.6 Å². The van der Waals surface area contributed by atoms with Gasteiger partial charge in [0.1, 0.15) is 11.2 Å². The molecule has 0 saturated carbocycles. The van der Waals surface area contributed by atoms with E-state index in [0.717, 1.165) is 41.8 Å². The molecule has 1 unspecified atom stereocenters. The minimum atomic E-state index is -2.98. The monoisotopic (exact) mass is 347 g/mol. The fraction of sp³-hybridized carbons (Fsp3) is 0.471. The van der Waals surface area contributed by atoms with Crippen molar-refractivity contribution in [2.24, 2.45) is 0 Å². The molecule has 1 fully saturated rings. The highest BCUT2D eigenvalue weighted by atomic mass is 19.3. The lowest BCUT2D eigenvalue weighted by atomic mass is 10.0. The van der Waals surface area contributed by atoms with Crippen LogP contribution in [0.3, 0.4) is 0 Å². The van der Waals surface area contributed by atoms with Crippen molar-refractivity contribution in [2.45, 2.75) is 38.2 Å². The van der Waals surface area contributed by atoms with Crippen molar-refractivity contribution >= 4 is 28.0 Å². The number of amides is 1. The Morgan fingerprint density at radius 3 is 3.08 bits per heavy atom. The Bertz CT molecular complexity index is 926. The summed E-state index contributed by atoms with van der Waals surface area (Å²) in [6.45, 7) is 1.74. The molecule has 132 valence electrons. The number of carbonyl (C=O) groups is 1. The van der Waals surface area contributed by atoms with Crippen LogP contribution in [0.2, 0.25) is 0 Å². The van der Waals surface area contributed by atoms with E-state index in [1.807, 2.05) is 12.3 Å². The normalized spacial score (nSPS) is 19.0. The highest BCUT2D eigenvalue weighted by molar-refractivity contribution is 6.00. The van der Waals surface area contributed by atoms with Crippen molar-refractivity contribution in [1.82, 2.24) is 24.4 Å². The molecule has 1 amide bonds. The Kier molecular flexibility index (Phi) is 3.70. The number of piperidine rings is 1. The van der Waals surface area contributed by atoms with Gasteiger partial charge in [0.15, 0.2) is 0 Å². The number of alkyl halides is 2. The molecule has 3 aromatic rings. The van der Waals surface area contributed by atoms with E-state index in [-0.39, 0.29) is 6.04 Å². The van der Waals surface area contributed by atoms with Gasteiger partial charge in [-0.2, -0.15) is 0 Å². The third kappa shape index (κ3) is 2.96. The van der Waals surface area contributed by atoms with Crippen LogP contribution >= 0.6 is 0 Å². The number of likely N-dealkylation sites (tertiary alicyclic amines) is 1. The van der Waals surface area contributed by atoms with Gasteiger partial charge in [-0.15, -0.1) is 0 Å². The Balaban J connectivity index is 1.65. The van der Waals surface area contributed by atoms with Gasteiger partial charge in [-0.3, -0.25) is 4.79 Å². The summed E-state index contributed by atoms with van der Waals surface area (Å²) < 4.78 is 28.4. The second kappa shape index (κ2) is 5.79. The molecule has 0 aliphatic carbocycles. The van der Waals surface area contributed by atoms with Crippen LogP contribution in [0.15, 0.2) is 24.8 Å². The van der Waals surface area contributed by atoms with Gasteiger partial charge in [-0.25, -0.2) is 18.7 Å². The fourth-order valence-corrected chi connectivity index (χ4v) is 3.59. The number of aromatic amines is 1. The number of nitrogens with zero attached hydrogens (tertiary/aromatic N) is 4. The second-order valence-corrected chi connectivity index (χ2v) is 6.77. The van der Waals surface area contributed by atoms with Gasteiger partial charge in [-0.05, 0) is 25.8 Å². The molecule has 25 heavy (non-hydrogen) atoms. The van der Waals surface area contributed by atoms with Gasteiger partial charge < -0.3 is 14.5 Å². The first-order valence-corrected chi connectivity index (χ1v) is 8.36. The summed E-state index contributed by atoms with van der Waals surface area (Å²) in [7, 11) is 0. The van der Waals surface area contributed by atoms with Gasteiger partial charge in [0, 0.05) is 24.7 Å². The van der Waals surface area contributed by atoms with Crippen LogP contribution < -0.4 is 0 Å². The molecular formula is C17H19F2N5O. The van der Waals surface area contributed by atoms with Crippen molar-refractivity contribution in [3.05, 3.63) is 24.8 Å². The molecule has 8 heteroatoms. The lowest BCUT2D eigenvalue weighted by Crippen LogP contribution is -2.42. The van der Waals surface area contributed by atoms with Gasteiger partial charge in [0.2, 0.25) is 5.91 Å². The molecule has 4 heterocycles. The van der Waals surface area contributed by atoms with Crippen LogP contribution in [0.5, 0.6) is 0 Å². The van der Waals surface area contributed by atoms with Crippen molar-refractivity contribution in [3.63, 3.8) is 0 Å². The fourth-order valence-electron chi connectivity index (χ4n) is 3.59. The first-order chi connectivity index (χ1) is 11.9. The van der Waals surface area contributed by atoms with E-state index in [1.165, 1.54) is 0 Å². The number of halogens is 2. The SMILES string of the molecule is CC(F)(F)CC(=O)N1CCCC(n2cnc3cnc4[nH]ccc4c32)C1. The Labute approximate surface area is 142 Å². The number of nitrogens with one attached hydrogen (secondary N) is 1. The number of aromatic nitrogens is 4. The van der Waals surface area contributed by atoms with E-state index in [0.29, 0.717) is 13.1 Å². The zero-order valence-corrected chi connectivity index (χ0v) is 13.9. The van der Waals surface area contributed by atoms with Crippen molar-refractivity contribution in [2.75, 3.05) is 13.1 Å². The molecule has 0 bridgehead atoms. The maximum absolute atomic E-state index is 13.2. The summed E-state index contributed by atoms with van der Waals surface area (Å²) in [6.07, 6.45) is 6.23. The molecule has 0 radical (unpaired) electrons. The molecule has 1 aliphatic rings. The number of imidazole rings is 1. The van der Waals surface area contributed by atoms with Crippen molar-refractivity contribution in [1.29, 1.82) is 0 Å². The van der Waals surface area contributed by atoms with Gasteiger partial charge in [0.25, 0.3) is 5.92 Å². The molecule has 0 aromatic carbocycles. The zero-order valence-electron chi connectivity index (χ0n) is 13.9. The smallest absolute Gasteiger partial charge is 0.254 e. The molecule has 1 N–H and O–H groups in total. The van der Waals surface area contributed by atoms with Gasteiger partial charge >= 0.3 is 0 Å². The molecule has 1 atom stereocenters. The van der Waals surface area contributed by atoms with Crippen molar-refractivity contribution in [3.8, 4) is 0 Å². The molecule has 1 saturated heterocycles. The largest absolute Gasteiger partial charge is 0.346 e. The number of hydrogen-bond acceptors (Lipinski definition) is 3. The quantitative estimate of drug-likeness (QED) is 0.792. The number of carbonyl (C=O) groups excluding carboxylic acids is 1. The Morgan fingerprint density at radius 1 is 1.44 bits per heavy atom. The first kappa shape index (κ1) is 16.0. The molecule has 4 rings (SSSR count). The highest BCUT2D eigenvalue weighted by Crippen LogP contribution is 2.30. The number of pyridine rings is 1. The maximum Gasteiger partial charge on any atom is 0.254 e. The maximum atomic E-state index is 13.2. The minimum Gasteiger partial charge on any atom is -0.346 e. The van der Waals surface area contributed by atoms with E-state index in [9.17, 15) is 13.6 Å². The summed E-state index contributed by atoms with van der Waals surface area (Å²) in [5.41, 5.74) is 2.53. The lowest BCUT2D eigenvalue weighted by molar-refractivity contribution is -0.139. The number of rotatable bonds is 3. The molecule has 0 spiro atoms. The predicted molar refractivity (Wildman–Crippen MR) is 89.5 cm³/mol. The highest BCUT2D eigenvalue weighted by Gasteiger charge is 2.32. The summed E-state index contributed by atoms with van der Waals surface area (Å²) in [5.74, 6) is -3.47. The second-order valence-electron chi connectivity index (χ2n) is 6.77. The third-order valence-corrected chi connectivity index (χ3v) is 4.72. The minimum absolute atomic E-state index is 0.0219. The topological polar surface area (TPSA) is 66.8 Å². The predicted octanol–water partition coefficient (Wildman–Crippen LogP) is 3.12. The van der Waals surface area contributed by atoms with E-state index >= 15 is 0 Å². The van der Waals surface area contributed by atoms with Crippen LogP contribution in [0.25, 0.3) is 22.1 Å². The first-order valence-electron chi connectivity index (χ1n) is 8.36. The number of fused-ring (bicyclic) bond motifs is 3. The van der Waals surface area contributed by atoms with Gasteiger partial charge in [-0.1, -0.05) is 0 Å². The van der Waals surface area contributed by atoms with Crippen LogP contribution in [0.1, 0.15) is 32.2 Å². The molecule has 6 nitrogen and oxygen atoms in total. The van der Waals surface area contributed by atoms with Crippen LogP contribution in [0.4, 0.5) is 8.78 Å². The van der Waals surface area contributed by atoms with E-state index in [4.69, 9.17) is 0 Å². The Morgan fingerprint density at radius 2 is 2.28 bits per heavy atom. The molecular weight excluding hydrogens is 328 g/mol. The summed E-state index contributed by atoms with van der Waals surface area (Å²) in [4.78, 5) is 25.6. The summed E-state index contributed by atoms with van der Waals surface area (Å²) >= 11 is 0. The van der Waals surface area contributed by atoms with Crippen LogP contribution in [-0.4, -0.2) is 49.3 Å². The van der Waals surface area contributed by atoms with E-state index < -0.39 is 18.3 Å². The van der Waals surface area contributed by atoms with Gasteiger partial charge in [0.05, 0.1) is 30.5 Å². The summed E-state index contributed by atoms with van der Waals surface area (Å²) in [6, 6.07) is 1.97. The van der Waals surface area contributed by atoms with Crippen LogP contribution in [0, 0.1) is 0 Å². The third-order valence-electron chi connectivity index (χ3n) is 4.72. The van der Waals surface area contributed by atoms with Crippen LogP contribution in [-0.2, 0) is 4.79 Å². The number of hydrogen-bond donors (Lipinski definition) is 1. The molecule has 3 aromatic heterocycles. The molecule has 1 aliphatic heterocycles. The summed E-state index contributed by atoms with van der Waals surface area (Å²) in [5, 5.41) is 0.971. The van der Waals surface area contributed by atoms with E-state index in [2.05, 4.69) is 19.5 Å². The average molecular weight is 347 g/mol.